The fourth-order valence-electron chi connectivity index (χ4n) is 3.76. The van der Waals surface area contributed by atoms with E-state index in [9.17, 15) is 22.8 Å². The molecule has 14 heteroatoms. The van der Waals surface area contributed by atoms with Crippen LogP contribution in [-0.2, 0) is 32.4 Å². The molecule has 1 atom stereocenters. The second-order valence-corrected chi connectivity index (χ2v) is 12.0. The van der Waals surface area contributed by atoms with Crippen LogP contribution < -0.4 is 22.1 Å². The Morgan fingerprint density at radius 1 is 1.17 bits per heavy atom. The molecule has 2 aromatic rings. The van der Waals surface area contributed by atoms with E-state index >= 15 is 0 Å². The highest BCUT2D eigenvalue weighted by Crippen LogP contribution is 2.27. The second kappa shape index (κ2) is 10.5. The molecule has 1 aromatic carbocycles. The van der Waals surface area contributed by atoms with Crippen molar-refractivity contribution >= 4 is 50.7 Å². The highest BCUT2D eigenvalue weighted by molar-refractivity contribution is 7.90. The molecule has 1 unspecified atom stereocenters. The number of carbonyl (C=O) groups is 3. The van der Waals surface area contributed by atoms with E-state index in [1.54, 1.807) is 36.4 Å². The summed E-state index contributed by atoms with van der Waals surface area (Å²) in [4.78, 5) is 40.8. The molecule has 0 radical (unpaired) electrons. The van der Waals surface area contributed by atoms with Crippen molar-refractivity contribution in [2.45, 2.75) is 24.9 Å². The van der Waals surface area contributed by atoms with Gasteiger partial charge in [0.25, 0.3) is 5.91 Å². The van der Waals surface area contributed by atoms with E-state index in [1.807, 2.05) is 0 Å². The van der Waals surface area contributed by atoms with E-state index < -0.39 is 39.8 Å². The van der Waals surface area contributed by atoms with E-state index in [-0.39, 0.29) is 36.8 Å². The number of amides is 4. The molecular weight excluding hydrogens is 506 g/mol. The van der Waals surface area contributed by atoms with Gasteiger partial charge in [-0.1, -0.05) is 18.2 Å². The first kappa shape index (κ1) is 26.8. The molecule has 0 spiro atoms. The van der Waals surface area contributed by atoms with Gasteiger partial charge in [0.05, 0.1) is 17.2 Å². The minimum absolute atomic E-state index is 0.0463. The topological polar surface area (TPSA) is 212 Å². The summed E-state index contributed by atoms with van der Waals surface area (Å²) in [5.41, 5.74) is 10.4. The Bertz CT molecular complexity index is 1340. The SMILES string of the molecule is CS(=O)(=O)CCC1(Cc2cccc(C(=N)N)c2)NC(=O)N(CC(=O)NCc2ccc(C(=N)N)s2)C1=O. The van der Waals surface area contributed by atoms with Gasteiger partial charge in [0.15, 0.2) is 0 Å². The van der Waals surface area contributed by atoms with E-state index in [4.69, 9.17) is 22.3 Å². The predicted octanol–water partition coefficient (Wildman–Crippen LogP) is -0.0996. The molecule has 4 amide bonds. The Morgan fingerprint density at radius 2 is 1.89 bits per heavy atom. The Morgan fingerprint density at radius 3 is 2.50 bits per heavy atom. The number of thiophene rings is 1. The minimum atomic E-state index is -3.47. The Balaban J connectivity index is 1.77. The summed E-state index contributed by atoms with van der Waals surface area (Å²) in [5.74, 6) is -1.93. The van der Waals surface area contributed by atoms with Crippen molar-refractivity contribution in [2.75, 3.05) is 18.6 Å². The first-order valence-electron chi connectivity index (χ1n) is 10.7. The third-order valence-corrected chi connectivity index (χ3v) is 7.64. The van der Waals surface area contributed by atoms with Crippen molar-refractivity contribution < 1.29 is 22.8 Å². The van der Waals surface area contributed by atoms with Crippen LogP contribution in [0.1, 0.15) is 27.3 Å². The van der Waals surface area contributed by atoms with Crippen LogP contribution in [0.5, 0.6) is 0 Å². The van der Waals surface area contributed by atoms with Crippen molar-refractivity contribution in [2.24, 2.45) is 11.5 Å². The lowest BCUT2D eigenvalue weighted by molar-refractivity contribution is -0.135. The molecule has 1 aliphatic rings. The summed E-state index contributed by atoms with van der Waals surface area (Å²) < 4.78 is 23.7. The number of imide groups is 1. The Labute approximate surface area is 212 Å². The molecule has 1 aliphatic heterocycles. The molecule has 192 valence electrons. The second-order valence-electron chi connectivity index (χ2n) is 8.53. The van der Waals surface area contributed by atoms with Crippen LogP contribution in [0.2, 0.25) is 0 Å². The number of sulfone groups is 1. The lowest BCUT2D eigenvalue weighted by Gasteiger charge is -2.27. The number of amidine groups is 2. The number of nitrogens with zero attached hydrogens (tertiary/aromatic N) is 1. The van der Waals surface area contributed by atoms with Gasteiger partial charge in [-0.2, -0.15) is 0 Å². The lowest BCUT2D eigenvalue weighted by Crippen LogP contribution is -2.50. The Kier molecular flexibility index (Phi) is 7.79. The standard InChI is InChI=1S/C22H27N7O5S2/c1-36(33,34)8-7-22(10-13-3-2-4-14(9-13)18(23)24)20(31)29(21(32)28-22)12-17(30)27-11-15-5-6-16(35-15)19(25)26/h2-6,9H,7-8,10-12H2,1H3,(H3,23,24)(H3,25,26)(H,27,30)(H,28,32). The average molecular weight is 534 g/mol. The molecule has 3 rings (SSSR count). The van der Waals surface area contributed by atoms with Crippen molar-refractivity contribution in [3.8, 4) is 0 Å². The maximum atomic E-state index is 13.4. The van der Waals surface area contributed by atoms with Crippen molar-refractivity contribution in [3.05, 3.63) is 57.3 Å². The molecule has 36 heavy (non-hydrogen) atoms. The first-order valence-corrected chi connectivity index (χ1v) is 13.6. The number of hydrogen-bond donors (Lipinski definition) is 6. The summed E-state index contributed by atoms with van der Waals surface area (Å²) in [5, 5.41) is 20.3. The van der Waals surface area contributed by atoms with Gasteiger partial charge in [-0.15, -0.1) is 11.3 Å². The molecule has 1 fully saturated rings. The van der Waals surface area contributed by atoms with E-state index in [0.29, 0.717) is 16.0 Å². The van der Waals surface area contributed by atoms with E-state index in [0.717, 1.165) is 16.0 Å². The third-order valence-electron chi connectivity index (χ3n) is 5.58. The number of hydrogen-bond acceptors (Lipinski definition) is 8. The number of benzene rings is 1. The monoisotopic (exact) mass is 533 g/mol. The van der Waals surface area contributed by atoms with Gasteiger partial charge in [-0.3, -0.25) is 25.3 Å². The number of nitrogens with one attached hydrogen (secondary N) is 4. The van der Waals surface area contributed by atoms with Gasteiger partial charge in [0, 0.05) is 23.1 Å². The zero-order valence-corrected chi connectivity index (χ0v) is 21.1. The third kappa shape index (κ3) is 6.46. The van der Waals surface area contributed by atoms with Crippen molar-refractivity contribution in [1.82, 2.24) is 15.5 Å². The normalized spacial score (nSPS) is 17.6. The molecular formula is C22H27N7O5S2. The lowest BCUT2D eigenvalue weighted by atomic mass is 9.87. The number of rotatable bonds is 11. The molecule has 0 bridgehead atoms. The molecule has 1 saturated heterocycles. The molecule has 0 saturated carbocycles. The van der Waals surface area contributed by atoms with Gasteiger partial charge in [-0.05, 0) is 30.2 Å². The summed E-state index contributed by atoms with van der Waals surface area (Å²) >= 11 is 1.23. The van der Waals surface area contributed by atoms with Gasteiger partial charge >= 0.3 is 6.03 Å². The fraction of sp³-hybridized carbons (Fsp3) is 0.318. The van der Waals surface area contributed by atoms with Crippen LogP contribution in [0, 0.1) is 10.8 Å². The van der Waals surface area contributed by atoms with Crippen LogP contribution in [0.15, 0.2) is 36.4 Å². The molecule has 8 N–H and O–H groups in total. The largest absolute Gasteiger partial charge is 0.384 e. The average Bonchev–Trinajstić information content (AvgIpc) is 3.36. The van der Waals surface area contributed by atoms with Gasteiger partial charge in [0.2, 0.25) is 5.91 Å². The van der Waals surface area contributed by atoms with Crippen LogP contribution in [0.25, 0.3) is 0 Å². The molecule has 1 aromatic heterocycles. The zero-order valence-electron chi connectivity index (χ0n) is 19.5. The maximum absolute atomic E-state index is 13.4. The smallest absolute Gasteiger partial charge is 0.325 e. The fourth-order valence-corrected chi connectivity index (χ4v) is 5.29. The highest BCUT2D eigenvalue weighted by atomic mass is 32.2. The molecule has 0 aliphatic carbocycles. The predicted molar refractivity (Wildman–Crippen MR) is 136 cm³/mol. The van der Waals surface area contributed by atoms with Gasteiger partial charge < -0.3 is 22.1 Å². The summed E-state index contributed by atoms with van der Waals surface area (Å²) in [6, 6.07) is 9.10. The zero-order chi connectivity index (χ0) is 26.7. The molecule has 2 heterocycles. The van der Waals surface area contributed by atoms with Gasteiger partial charge in [-0.25, -0.2) is 13.2 Å². The van der Waals surface area contributed by atoms with Crippen LogP contribution in [-0.4, -0.2) is 66.9 Å². The summed E-state index contributed by atoms with van der Waals surface area (Å²) in [6.45, 7) is -0.429. The van der Waals surface area contributed by atoms with Crippen molar-refractivity contribution in [1.29, 1.82) is 10.8 Å². The van der Waals surface area contributed by atoms with Gasteiger partial charge in [0.1, 0.15) is 33.6 Å². The minimum Gasteiger partial charge on any atom is -0.384 e. The Hall–Kier alpha value is -3.78. The first-order chi connectivity index (χ1) is 16.8. The number of carbonyl (C=O) groups excluding carboxylic acids is 3. The van der Waals surface area contributed by atoms with Crippen LogP contribution >= 0.6 is 11.3 Å². The number of nitrogen functional groups attached to an aromatic ring is 2. The van der Waals surface area contributed by atoms with Crippen molar-refractivity contribution in [3.63, 3.8) is 0 Å². The molecule has 12 nitrogen and oxygen atoms in total. The van der Waals surface area contributed by atoms with E-state index in [2.05, 4.69) is 10.6 Å². The highest BCUT2D eigenvalue weighted by Gasteiger charge is 2.51. The van der Waals surface area contributed by atoms with Crippen LogP contribution in [0.3, 0.4) is 0 Å². The summed E-state index contributed by atoms with van der Waals surface area (Å²) in [7, 11) is -3.47. The van der Waals surface area contributed by atoms with Crippen LogP contribution in [0.4, 0.5) is 4.79 Å². The van der Waals surface area contributed by atoms with E-state index in [1.165, 1.54) is 11.3 Å². The number of nitrogens with two attached hydrogens (primary N) is 2. The number of urea groups is 1. The quantitative estimate of drug-likeness (QED) is 0.131. The maximum Gasteiger partial charge on any atom is 0.325 e. The summed E-state index contributed by atoms with van der Waals surface area (Å²) in [6.07, 6.45) is 0.794.